The Hall–Kier alpha value is -4.42. The predicted molar refractivity (Wildman–Crippen MR) is 202 cm³/mol. The molecular formula is C47H46. The van der Waals surface area contributed by atoms with Crippen LogP contribution < -0.4 is 0 Å². The van der Waals surface area contributed by atoms with E-state index < -0.39 is 0 Å². The molecule has 0 aromatic heterocycles. The van der Waals surface area contributed by atoms with E-state index in [9.17, 15) is 0 Å². The van der Waals surface area contributed by atoms with Crippen molar-refractivity contribution in [3.8, 4) is 22.3 Å². The third kappa shape index (κ3) is 4.79. The zero-order valence-corrected chi connectivity index (χ0v) is 28.1. The minimum Gasteiger partial charge on any atom is -0.0654 e. The van der Waals surface area contributed by atoms with E-state index in [0.717, 1.165) is 0 Å². The molecule has 3 aliphatic carbocycles. The van der Waals surface area contributed by atoms with Gasteiger partial charge in [0.15, 0.2) is 0 Å². The van der Waals surface area contributed by atoms with Gasteiger partial charge < -0.3 is 0 Å². The van der Waals surface area contributed by atoms with Gasteiger partial charge in [-0.2, -0.15) is 0 Å². The Morgan fingerprint density at radius 2 is 0.596 bits per heavy atom. The van der Waals surface area contributed by atoms with Gasteiger partial charge in [-0.3, -0.25) is 0 Å². The number of rotatable bonds is 10. The third-order valence-electron chi connectivity index (χ3n) is 11.2. The van der Waals surface area contributed by atoms with Crippen molar-refractivity contribution < 1.29 is 0 Å². The Labute approximate surface area is 281 Å². The van der Waals surface area contributed by atoms with Gasteiger partial charge in [0.05, 0.1) is 0 Å². The first-order valence-corrected chi connectivity index (χ1v) is 18.3. The summed E-state index contributed by atoms with van der Waals surface area (Å²) in [5.41, 5.74) is 20.1. The van der Waals surface area contributed by atoms with E-state index in [1.165, 1.54) is 131 Å². The minimum atomic E-state index is -0.0923. The molecule has 234 valence electrons. The van der Waals surface area contributed by atoms with Crippen LogP contribution in [-0.2, 0) is 0 Å². The number of unbranched alkanes of at least 4 members (excludes halogenated alkanes) is 6. The lowest BCUT2D eigenvalue weighted by molar-refractivity contribution is 0.407. The largest absolute Gasteiger partial charge is 0.0654 e. The van der Waals surface area contributed by atoms with Gasteiger partial charge >= 0.3 is 0 Å². The standard InChI is InChI=1S/C47H46/c1-3-5-7-19-31-47(32-20-8-6-4-2)45(43-37-25-13-9-21-33(37)34-22-10-14-26-38(34)43)41-29-17-18-30-42(41)46(47)44-39-27-15-11-23-35(39)36-24-12-16-28-40(36)44/h9-18,21-30H,3-8,19-20,31-32H2,1-2H3. The quantitative estimate of drug-likeness (QED) is 0.135. The summed E-state index contributed by atoms with van der Waals surface area (Å²) >= 11 is 0. The van der Waals surface area contributed by atoms with E-state index in [4.69, 9.17) is 0 Å². The molecule has 0 unspecified atom stereocenters. The molecule has 0 amide bonds. The summed E-state index contributed by atoms with van der Waals surface area (Å²) in [6.45, 7) is 4.68. The number of hydrogen-bond acceptors (Lipinski definition) is 0. The Balaban J connectivity index is 1.51. The van der Waals surface area contributed by atoms with Crippen molar-refractivity contribution in [2.75, 3.05) is 0 Å². The molecule has 0 heteroatoms. The SMILES string of the molecule is CCCCCCC1(CCCCCC)C(=C2c3ccccc3-c3ccccc32)c2ccccc2C1=C1c2ccccc2-c2ccccc21. The highest BCUT2D eigenvalue weighted by Gasteiger charge is 2.50. The highest BCUT2D eigenvalue weighted by atomic mass is 14.5. The number of allylic oxidation sites excluding steroid dienone is 2. The fourth-order valence-corrected chi connectivity index (χ4v) is 9.21. The van der Waals surface area contributed by atoms with Crippen LogP contribution in [0.25, 0.3) is 44.5 Å². The van der Waals surface area contributed by atoms with E-state index in [2.05, 4.69) is 135 Å². The van der Waals surface area contributed by atoms with Crippen molar-refractivity contribution in [2.24, 2.45) is 5.41 Å². The van der Waals surface area contributed by atoms with Crippen molar-refractivity contribution in [3.63, 3.8) is 0 Å². The van der Waals surface area contributed by atoms with Crippen LogP contribution in [0.2, 0.25) is 0 Å². The van der Waals surface area contributed by atoms with Crippen molar-refractivity contribution in [2.45, 2.75) is 78.1 Å². The summed E-state index contributed by atoms with van der Waals surface area (Å²) < 4.78 is 0. The molecule has 0 spiro atoms. The monoisotopic (exact) mass is 610 g/mol. The van der Waals surface area contributed by atoms with Gasteiger partial charge in [-0.15, -0.1) is 0 Å². The summed E-state index contributed by atoms with van der Waals surface area (Å²) in [7, 11) is 0. The first-order valence-electron chi connectivity index (χ1n) is 18.3. The lowest BCUT2D eigenvalue weighted by Crippen LogP contribution is -2.22. The lowest BCUT2D eigenvalue weighted by Gasteiger charge is -2.37. The summed E-state index contributed by atoms with van der Waals surface area (Å²) in [6, 6.07) is 46.3. The van der Waals surface area contributed by atoms with Gasteiger partial charge in [0.25, 0.3) is 0 Å². The molecule has 0 aliphatic heterocycles. The molecule has 0 nitrogen and oxygen atoms in total. The molecule has 0 atom stereocenters. The highest BCUT2D eigenvalue weighted by Crippen LogP contribution is 2.67. The number of fused-ring (bicyclic) bond motifs is 7. The van der Waals surface area contributed by atoms with E-state index in [-0.39, 0.29) is 5.41 Å². The average Bonchev–Trinajstić information content (AvgIpc) is 3.72. The molecule has 0 saturated carbocycles. The lowest BCUT2D eigenvalue weighted by atomic mass is 9.66. The van der Waals surface area contributed by atoms with Gasteiger partial charge in [-0.05, 0) is 90.8 Å². The van der Waals surface area contributed by atoms with Gasteiger partial charge in [0.2, 0.25) is 0 Å². The Bertz CT molecular complexity index is 1770. The predicted octanol–water partition coefficient (Wildman–Crippen LogP) is 13.5. The van der Waals surface area contributed by atoms with Crippen molar-refractivity contribution in [1.82, 2.24) is 0 Å². The van der Waals surface area contributed by atoms with Crippen molar-refractivity contribution >= 4 is 22.3 Å². The fraction of sp³-hybridized carbons (Fsp3) is 0.277. The summed E-state index contributed by atoms with van der Waals surface area (Å²) in [4.78, 5) is 0. The molecule has 5 aromatic rings. The van der Waals surface area contributed by atoms with Crippen LogP contribution in [0.5, 0.6) is 0 Å². The molecule has 8 rings (SSSR count). The maximum atomic E-state index is 2.45. The summed E-state index contributed by atoms with van der Waals surface area (Å²) in [5, 5.41) is 0. The van der Waals surface area contributed by atoms with Gasteiger partial charge in [0.1, 0.15) is 0 Å². The van der Waals surface area contributed by atoms with Crippen LogP contribution in [0.4, 0.5) is 0 Å². The van der Waals surface area contributed by atoms with Crippen LogP contribution in [0.3, 0.4) is 0 Å². The minimum absolute atomic E-state index is 0.0923. The van der Waals surface area contributed by atoms with E-state index >= 15 is 0 Å². The summed E-state index contributed by atoms with van der Waals surface area (Å²) in [6.07, 6.45) is 12.5. The Morgan fingerprint density at radius 3 is 0.894 bits per heavy atom. The first kappa shape index (κ1) is 29.9. The fourth-order valence-electron chi connectivity index (χ4n) is 9.21. The van der Waals surface area contributed by atoms with Crippen LogP contribution in [0.1, 0.15) is 111 Å². The van der Waals surface area contributed by atoms with E-state index in [1.54, 1.807) is 11.1 Å². The van der Waals surface area contributed by atoms with E-state index in [0.29, 0.717) is 0 Å². The average molecular weight is 611 g/mol. The first-order chi connectivity index (χ1) is 23.3. The van der Waals surface area contributed by atoms with Crippen molar-refractivity contribution in [1.29, 1.82) is 0 Å². The van der Waals surface area contributed by atoms with Gasteiger partial charge in [-0.25, -0.2) is 0 Å². The Kier molecular flexibility index (Phi) is 8.06. The number of benzene rings is 5. The maximum Gasteiger partial charge on any atom is 0.0228 e. The molecule has 47 heavy (non-hydrogen) atoms. The molecule has 0 saturated heterocycles. The van der Waals surface area contributed by atoms with Gasteiger partial charge in [-0.1, -0.05) is 187 Å². The molecular weight excluding hydrogens is 565 g/mol. The third-order valence-corrected chi connectivity index (χ3v) is 11.2. The smallest absolute Gasteiger partial charge is 0.0228 e. The molecule has 3 aliphatic rings. The van der Waals surface area contributed by atoms with Crippen LogP contribution in [-0.4, -0.2) is 0 Å². The zero-order chi connectivity index (χ0) is 31.8. The topological polar surface area (TPSA) is 0 Å². The molecule has 5 aromatic carbocycles. The number of hydrogen-bond donors (Lipinski definition) is 0. The molecule has 0 N–H and O–H groups in total. The molecule has 0 radical (unpaired) electrons. The zero-order valence-electron chi connectivity index (χ0n) is 28.1. The highest BCUT2D eigenvalue weighted by molar-refractivity contribution is 6.22. The second kappa shape index (κ2) is 12.6. The Morgan fingerprint density at radius 1 is 0.319 bits per heavy atom. The van der Waals surface area contributed by atoms with Crippen LogP contribution >= 0.6 is 0 Å². The van der Waals surface area contributed by atoms with E-state index in [1.807, 2.05) is 0 Å². The molecule has 0 heterocycles. The van der Waals surface area contributed by atoms with Crippen LogP contribution in [0.15, 0.2) is 121 Å². The van der Waals surface area contributed by atoms with Gasteiger partial charge in [0, 0.05) is 5.41 Å². The maximum absolute atomic E-state index is 2.45. The summed E-state index contributed by atoms with van der Waals surface area (Å²) in [5.74, 6) is 0. The van der Waals surface area contributed by atoms with Crippen LogP contribution in [0, 0.1) is 5.41 Å². The molecule has 0 bridgehead atoms. The normalized spacial score (nSPS) is 15.0. The van der Waals surface area contributed by atoms with Crippen molar-refractivity contribution in [3.05, 3.63) is 155 Å². The second-order valence-electron chi connectivity index (χ2n) is 13.9. The second-order valence-corrected chi connectivity index (χ2v) is 13.9. The molecule has 0 fully saturated rings.